The van der Waals surface area contributed by atoms with E-state index in [0.717, 1.165) is 35.3 Å². The fourth-order valence-corrected chi connectivity index (χ4v) is 4.66. The van der Waals surface area contributed by atoms with Gasteiger partial charge in [0.05, 0.1) is 45.1 Å². The molecule has 0 amide bonds. The summed E-state index contributed by atoms with van der Waals surface area (Å²) in [5, 5.41) is 3.26. The van der Waals surface area contributed by atoms with Gasteiger partial charge in [-0.15, -0.1) is 0 Å². The number of benzene rings is 1. The minimum absolute atomic E-state index is 0.0499. The highest BCUT2D eigenvalue weighted by atomic mass is 16.5. The number of imidazole rings is 1. The number of fused-ring (bicyclic) bond motifs is 1. The van der Waals surface area contributed by atoms with E-state index in [1.807, 2.05) is 25.1 Å². The standard InChI is InChI=1S/C26H30N6O5/c1-15-10-18(16-11-21(34-3)23(36-5)22(12-16)35-4)27-13-19(15)29-25-28-14-20-24(30-25)32(26(33)31(20)2)17-6-8-37-9-7-17/h10-14,17H,6-9H2,1-5H3,(H,28,29,30). The highest BCUT2D eigenvalue weighted by Crippen LogP contribution is 2.41. The van der Waals surface area contributed by atoms with Crippen LogP contribution in [0.1, 0.15) is 24.4 Å². The third-order valence-electron chi connectivity index (χ3n) is 6.71. The van der Waals surface area contributed by atoms with E-state index in [9.17, 15) is 4.79 Å². The molecule has 37 heavy (non-hydrogen) atoms. The zero-order valence-electron chi connectivity index (χ0n) is 21.6. The van der Waals surface area contributed by atoms with E-state index >= 15 is 0 Å². The van der Waals surface area contributed by atoms with Crippen molar-refractivity contribution in [2.75, 3.05) is 39.9 Å². The molecule has 0 bridgehead atoms. The SMILES string of the molecule is COc1cc(-c2cc(C)c(Nc3ncc4c(n3)n(C3CCOCC3)c(=O)n4C)cn2)cc(OC)c1OC. The molecule has 0 spiro atoms. The number of aromatic nitrogens is 5. The summed E-state index contributed by atoms with van der Waals surface area (Å²) in [6, 6.07) is 5.73. The second kappa shape index (κ2) is 10.1. The van der Waals surface area contributed by atoms with Gasteiger partial charge in [0.15, 0.2) is 17.1 Å². The summed E-state index contributed by atoms with van der Waals surface area (Å²) < 4.78 is 25.2. The lowest BCUT2D eigenvalue weighted by Crippen LogP contribution is -2.30. The number of pyridine rings is 1. The predicted octanol–water partition coefficient (Wildman–Crippen LogP) is 3.62. The molecule has 0 radical (unpaired) electrons. The van der Waals surface area contributed by atoms with E-state index < -0.39 is 0 Å². The van der Waals surface area contributed by atoms with E-state index in [-0.39, 0.29) is 11.7 Å². The number of rotatable bonds is 7. The fraction of sp³-hybridized carbons (Fsp3) is 0.385. The number of nitrogens with zero attached hydrogens (tertiary/aromatic N) is 5. The summed E-state index contributed by atoms with van der Waals surface area (Å²) in [7, 11) is 6.48. The van der Waals surface area contributed by atoms with Gasteiger partial charge in [0.25, 0.3) is 0 Å². The van der Waals surface area contributed by atoms with Gasteiger partial charge < -0.3 is 24.3 Å². The van der Waals surface area contributed by atoms with Crippen LogP contribution in [0.5, 0.6) is 17.2 Å². The molecule has 4 heterocycles. The summed E-state index contributed by atoms with van der Waals surface area (Å²) in [4.78, 5) is 26.8. The Labute approximate surface area is 214 Å². The maximum Gasteiger partial charge on any atom is 0.330 e. The Bertz CT molecular complexity index is 1480. The van der Waals surface area contributed by atoms with Crippen LogP contribution in [0, 0.1) is 6.92 Å². The van der Waals surface area contributed by atoms with Crippen LogP contribution in [-0.4, -0.2) is 58.6 Å². The molecule has 0 saturated carbocycles. The van der Waals surface area contributed by atoms with Crippen molar-refractivity contribution < 1.29 is 18.9 Å². The van der Waals surface area contributed by atoms with Gasteiger partial charge in [0, 0.05) is 31.9 Å². The van der Waals surface area contributed by atoms with Crippen LogP contribution in [0.15, 0.2) is 35.4 Å². The zero-order valence-corrected chi connectivity index (χ0v) is 21.6. The van der Waals surface area contributed by atoms with Gasteiger partial charge >= 0.3 is 5.69 Å². The zero-order chi connectivity index (χ0) is 26.1. The quantitative estimate of drug-likeness (QED) is 0.401. The van der Waals surface area contributed by atoms with Crippen molar-refractivity contribution >= 4 is 22.8 Å². The maximum absolute atomic E-state index is 13.0. The Morgan fingerprint density at radius 1 is 1.00 bits per heavy atom. The van der Waals surface area contributed by atoms with Crippen molar-refractivity contribution in [1.29, 1.82) is 0 Å². The monoisotopic (exact) mass is 506 g/mol. The van der Waals surface area contributed by atoms with Gasteiger partial charge in [0.2, 0.25) is 11.7 Å². The van der Waals surface area contributed by atoms with Gasteiger partial charge in [-0.05, 0) is 43.5 Å². The average molecular weight is 507 g/mol. The highest BCUT2D eigenvalue weighted by Gasteiger charge is 2.23. The van der Waals surface area contributed by atoms with Crippen molar-refractivity contribution in [3.63, 3.8) is 0 Å². The van der Waals surface area contributed by atoms with E-state index in [1.54, 1.807) is 49.9 Å². The van der Waals surface area contributed by atoms with E-state index in [2.05, 4.69) is 15.3 Å². The molecule has 5 rings (SSSR count). The van der Waals surface area contributed by atoms with Crippen molar-refractivity contribution in [2.45, 2.75) is 25.8 Å². The van der Waals surface area contributed by atoms with Crippen LogP contribution < -0.4 is 25.2 Å². The molecule has 11 nitrogen and oxygen atoms in total. The van der Waals surface area contributed by atoms with Gasteiger partial charge in [-0.1, -0.05) is 0 Å². The van der Waals surface area contributed by atoms with Crippen molar-refractivity contribution in [1.82, 2.24) is 24.1 Å². The van der Waals surface area contributed by atoms with Crippen LogP contribution >= 0.6 is 0 Å². The van der Waals surface area contributed by atoms with Crippen molar-refractivity contribution in [3.05, 3.63) is 46.6 Å². The highest BCUT2D eigenvalue weighted by molar-refractivity contribution is 5.74. The first-order chi connectivity index (χ1) is 17.9. The number of methoxy groups -OCH3 is 3. The first-order valence-corrected chi connectivity index (χ1v) is 12.0. The Morgan fingerprint density at radius 3 is 2.32 bits per heavy atom. The van der Waals surface area contributed by atoms with E-state index in [4.69, 9.17) is 23.9 Å². The Balaban J connectivity index is 1.47. The molecule has 194 valence electrons. The Hall–Kier alpha value is -4.12. The molecular weight excluding hydrogens is 476 g/mol. The number of ether oxygens (including phenoxy) is 4. The number of hydrogen-bond acceptors (Lipinski definition) is 9. The minimum Gasteiger partial charge on any atom is -0.493 e. The molecule has 4 aromatic rings. The van der Waals surface area contributed by atoms with Crippen LogP contribution in [-0.2, 0) is 11.8 Å². The van der Waals surface area contributed by atoms with Crippen molar-refractivity contribution in [2.24, 2.45) is 7.05 Å². The smallest absolute Gasteiger partial charge is 0.330 e. The summed E-state index contributed by atoms with van der Waals surface area (Å²) in [5.41, 5.74) is 4.47. The van der Waals surface area contributed by atoms with Crippen LogP contribution in [0.4, 0.5) is 11.6 Å². The summed E-state index contributed by atoms with van der Waals surface area (Å²) >= 11 is 0. The second-order valence-corrected chi connectivity index (χ2v) is 8.88. The van der Waals surface area contributed by atoms with Crippen molar-refractivity contribution in [3.8, 4) is 28.5 Å². The van der Waals surface area contributed by atoms with Crippen LogP contribution in [0.25, 0.3) is 22.4 Å². The molecule has 1 N–H and O–H groups in total. The number of nitrogens with one attached hydrogen (secondary N) is 1. The first-order valence-electron chi connectivity index (χ1n) is 12.0. The lowest BCUT2D eigenvalue weighted by molar-refractivity contribution is 0.0695. The molecule has 0 atom stereocenters. The third-order valence-corrected chi connectivity index (χ3v) is 6.71. The minimum atomic E-state index is -0.0964. The molecule has 1 saturated heterocycles. The molecule has 1 aromatic carbocycles. The molecule has 1 aliphatic heterocycles. The summed E-state index contributed by atoms with van der Waals surface area (Å²) in [5.74, 6) is 2.03. The summed E-state index contributed by atoms with van der Waals surface area (Å²) in [6.07, 6.45) is 4.96. The van der Waals surface area contributed by atoms with Gasteiger partial charge in [0.1, 0.15) is 5.52 Å². The average Bonchev–Trinajstić information content (AvgIpc) is 3.18. The molecular formula is C26H30N6O5. The normalized spacial score (nSPS) is 14.1. The molecule has 1 aliphatic rings. The largest absolute Gasteiger partial charge is 0.493 e. The molecule has 11 heteroatoms. The van der Waals surface area contributed by atoms with E-state index in [0.29, 0.717) is 47.6 Å². The lowest BCUT2D eigenvalue weighted by atomic mass is 10.1. The molecule has 3 aromatic heterocycles. The first kappa shape index (κ1) is 24.6. The fourth-order valence-electron chi connectivity index (χ4n) is 4.66. The number of hydrogen-bond donors (Lipinski definition) is 1. The molecule has 1 fully saturated rings. The van der Waals surface area contributed by atoms with Gasteiger partial charge in [-0.2, -0.15) is 4.98 Å². The molecule has 0 unspecified atom stereocenters. The van der Waals surface area contributed by atoms with E-state index in [1.165, 1.54) is 0 Å². The topological polar surface area (TPSA) is 115 Å². The van der Waals surface area contributed by atoms with Crippen LogP contribution in [0.3, 0.4) is 0 Å². The van der Waals surface area contributed by atoms with Gasteiger partial charge in [-0.3, -0.25) is 14.1 Å². The number of aryl methyl sites for hydroxylation is 2. The Kier molecular flexibility index (Phi) is 6.70. The number of anilines is 2. The maximum atomic E-state index is 13.0. The lowest BCUT2D eigenvalue weighted by Gasteiger charge is -2.22. The van der Waals surface area contributed by atoms with Crippen LogP contribution in [0.2, 0.25) is 0 Å². The Morgan fingerprint density at radius 2 is 1.70 bits per heavy atom. The second-order valence-electron chi connectivity index (χ2n) is 8.88. The predicted molar refractivity (Wildman–Crippen MR) is 139 cm³/mol. The van der Waals surface area contributed by atoms with Gasteiger partial charge in [-0.25, -0.2) is 9.78 Å². The summed E-state index contributed by atoms with van der Waals surface area (Å²) in [6.45, 7) is 3.24. The molecule has 0 aliphatic carbocycles. The third kappa shape index (κ3) is 4.46.